The maximum absolute atomic E-state index is 12.0. The molecule has 2 rings (SSSR count). The highest BCUT2D eigenvalue weighted by atomic mass is 16.5. The number of hydrogen-bond acceptors (Lipinski definition) is 4. The molecule has 1 aromatic heterocycles. The molecular weight excluding hydrogens is 280 g/mol. The Hall–Kier alpha value is -2.14. The Bertz CT molecular complexity index is 605. The Kier molecular flexibility index (Phi) is 5.33. The van der Waals surface area contributed by atoms with Gasteiger partial charge in [0.15, 0.2) is 11.5 Å². The third-order valence-corrected chi connectivity index (χ3v) is 3.55. The van der Waals surface area contributed by atoms with Crippen LogP contribution in [-0.4, -0.2) is 29.3 Å². The third kappa shape index (κ3) is 4.43. The fourth-order valence-corrected chi connectivity index (χ4v) is 2.06. The maximum Gasteiger partial charge on any atom is 0.273 e. The molecule has 5 heteroatoms. The van der Waals surface area contributed by atoms with Crippen molar-refractivity contribution in [3.8, 4) is 11.3 Å². The number of aliphatic hydroxyl groups excluding tert-OH is 1. The summed E-state index contributed by atoms with van der Waals surface area (Å²) in [6, 6.07) is 11.2. The van der Waals surface area contributed by atoms with E-state index in [0.29, 0.717) is 12.3 Å². The third-order valence-electron chi connectivity index (χ3n) is 3.55. The normalized spacial score (nSPS) is 11.4. The lowest BCUT2D eigenvalue weighted by molar-refractivity contribution is 0.0939. The number of rotatable bonds is 7. The number of aliphatic hydroxyl groups is 1. The molecule has 0 aliphatic carbocycles. The first-order valence-electron chi connectivity index (χ1n) is 7.43. The van der Waals surface area contributed by atoms with Crippen LogP contribution in [0.1, 0.15) is 37.2 Å². The molecule has 0 unspecified atom stereocenters. The lowest BCUT2D eigenvalue weighted by Gasteiger charge is -2.20. The fourth-order valence-electron chi connectivity index (χ4n) is 2.06. The van der Waals surface area contributed by atoms with E-state index in [1.54, 1.807) is 6.07 Å². The van der Waals surface area contributed by atoms with Gasteiger partial charge in [0.25, 0.3) is 5.91 Å². The van der Waals surface area contributed by atoms with Crippen LogP contribution in [0.2, 0.25) is 0 Å². The molecule has 1 amide bonds. The van der Waals surface area contributed by atoms with Gasteiger partial charge in [0.1, 0.15) is 0 Å². The molecule has 22 heavy (non-hydrogen) atoms. The van der Waals surface area contributed by atoms with E-state index >= 15 is 0 Å². The van der Waals surface area contributed by atoms with Crippen LogP contribution in [-0.2, 0) is 0 Å². The molecule has 5 nitrogen and oxygen atoms in total. The number of aromatic nitrogens is 1. The molecule has 0 spiro atoms. The summed E-state index contributed by atoms with van der Waals surface area (Å²) < 4.78 is 5.21. The van der Waals surface area contributed by atoms with Crippen LogP contribution >= 0.6 is 0 Å². The van der Waals surface area contributed by atoms with Gasteiger partial charge in [0.05, 0.1) is 0 Å². The van der Waals surface area contributed by atoms with Gasteiger partial charge < -0.3 is 14.9 Å². The van der Waals surface area contributed by atoms with Crippen molar-refractivity contribution in [2.75, 3.05) is 13.2 Å². The zero-order valence-corrected chi connectivity index (χ0v) is 13.0. The van der Waals surface area contributed by atoms with Gasteiger partial charge >= 0.3 is 0 Å². The van der Waals surface area contributed by atoms with E-state index in [9.17, 15) is 9.90 Å². The van der Waals surface area contributed by atoms with Gasteiger partial charge in [-0.15, -0.1) is 0 Å². The van der Waals surface area contributed by atoms with Gasteiger partial charge in [-0.05, 0) is 18.3 Å². The van der Waals surface area contributed by atoms with Gasteiger partial charge in [-0.1, -0.05) is 49.3 Å². The summed E-state index contributed by atoms with van der Waals surface area (Å²) in [5.74, 6) is 0.333. The van der Waals surface area contributed by atoms with E-state index in [2.05, 4.69) is 10.5 Å². The van der Waals surface area contributed by atoms with Gasteiger partial charge in [-0.2, -0.15) is 0 Å². The van der Waals surface area contributed by atoms with Crippen LogP contribution in [0.3, 0.4) is 0 Å². The summed E-state index contributed by atoms with van der Waals surface area (Å²) in [4.78, 5) is 12.0. The summed E-state index contributed by atoms with van der Waals surface area (Å²) >= 11 is 0. The topological polar surface area (TPSA) is 75.4 Å². The first-order valence-corrected chi connectivity index (χ1v) is 7.43. The molecule has 0 saturated heterocycles. The van der Waals surface area contributed by atoms with E-state index in [0.717, 1.165) is 18.4 Å². The molecule has 118 valence electrons. The van der Waals surface area contributed by atoms with Crippen LogP contribution < -0.4 is 5.32 Å². The summed E-state index contributed by atoms with van der Waals surface area (Å²) in [5.41, 5.74) is 1.05. The monoisotopic (exact) mass is 302 g/mol. The quantitative estimate of drug-likeness (QED) is 0.771. The van der Waals surface area contributed by atoms with Crippen LogP contribution in [0.25, 0.3) is 11.3 Å². The summed E-state index contributed by atoms with van der Waals surface area (Å²) in [5, 5.41) is 15.8. The highest BCUT2D eigenvalue weighted by Crippen LogP contribution is 2.21. The fraction of sp³-hybridized carbons (Fsp3) is 0.412. The molecule has 0 fully saturated rings. The van der Waals surface area contributed by atoms with Crippen molar-refractivity contribution >= 4 is 5.91 Å². The van der Waals surface area contributed by atoms with Crippen LogP contribution in [0.5, 0.6) is 0 Å². The summed E-state index contributed by atoms with van der Waals surface area (Å²) in [6.07, 6.45) is 1.65. The average molecular weight is 302 g/mol. The van der Waals surface area contributed by atoms with Crippen molar-refractivity contribution in [3.63, 3.8) is 0 Å². The average Bonchev–Trinajstić information content (AvgIpc) is 3.02. The Morgan fingerprint density at radius 1 is 1.32 bits per heavy atom. The molecule has 2 aromatic rings. The molecule has 1 heterocycles. The standard InChI is InChI=1S/C17H22N2O3/c1-17(2,12-20)9-6-10-18-16(21)14-11-15(22-19-14)13-7-4-3-5-8-13/h3-5,7-8,11,20H,6,9-10,12H2,1-2H3,(H,18,21). The first-order chi connectivity index (χ1) is 10.5. The number of nitrogens with zero attached hydrogens (tertiary/aromatic N) is 1. The lowest BCUT2D eigenvalue weighted by Crippen LogP contribution is -2.26. The number of carbonyl (C=O) groups excluding carboxylic acids is 1. The molecule has 0 aliphatic heterocycles. The summed E-state index contributed by atoms with van der Waals surface area (Å²) in [6.45, 7) is 4.69. The minimum atomic E-state index is -0.243. The van der Waals surface area contributed by atoms with E-state index < -0.39 is 0 Å². The zero-order chi connectivity index (χ0) is 16.0. The second kappa shape index (κ2) is 7.22. The SMILES string of the molecule is CC(C)(CO)CCCNC(=O)c1cc(-c2ccccc2)on1. The number of hydrogen-bond donors (Lipinski definition) is 2. The molecule has 0 aliphatic rings. The van der Waals surface area contributed by atoms with Crippen LogP contribution in [0, 0.1) is 5.41 Å². The Morgan fingerprint density at radius 3 is 2.73 bits per heavy atom. The van der Waals surface area contributed by atoms with Crippen molar-refractivity contribution in [3.05, 3.63) is 42.1 Å². The molecule has 0 radical (unpaired) electrons. The van der Waals surface area contributed by atoms with Crippen LogP contribution in [0.4, 0.5) is 0 Å². The molecule has 0 bridgehead atoms. The number of carbonyl (C=O) groups is 1. The first kappa shape index (κ1) is 16.2. The Balaban J connectivity index is 1.85. The largest absolute Gasteiger partial charge is 0.396 e. The molecular formula is C17H22N2O3. The number of nitrogens with one attached hydrogen (secondary N) is 1. The minimum absolute atomic E-state index is 0.112. The highest BCUT2D eigenvalue weighted by molar-refractivity contribution is 5.93. The van der Waals surface area contributed by atoms with Gasteiger partial charge in [-0.25, -0.2) is 0 Å². The second-order valence-corrected chi connectivity index (χ2v) is 6.12. The Morgan fingerprint density at radius 2 is 2.05 bits per heavy atom. The van der Waals surface area contributed by atoms with E-state index in [1.165, 1.54) is 0 Å². The van der Waals surface area contributed by atoms with Crippen molar-refractivity contribution in [2.45, 2.75) is 26.7 Å². The Labute approximate surface area is 130 Å². The predicted octanol–water partition coefficient (Wildman–Crippen LogP) is 2.87. The van der Waals surface area contributed by atoms with Crippen LogP contribution in [0.15, 0.2) is 40.9 Å². The van der Waals surface area contributed by atoms with E-state index in [1.807, 2.05) is 44.2 Å². The van der Waals surface area contributed by atoms with Crippen molar-refractivity contribution < 1.29 is 14.4 Å². The lowest BCUT2D eigenvalue weighted by atomic mass is 9.89. The maximum atomic E-state index is 12.0. The number of amides is 1. The highest BCUT2D eigenvalue weighted by Gasteiger charge is 2.17. The van der Waals surface area contributed by atoms with Crippen molar-refractivity contribution in [2.24, 2.45) is 5.41 Å². The van der Waals surface area contributed by atoms with Crippen molar-refractivity contribution in [1.29, 1.82) is 0 Å². The van der Waals surface area contributed by atoms with E-state index in [-0.39, 0.29) is 23.6 Å². The minimum Gasteiger partial charge on any atom is -0.396 e. The zero-order valence-electron chi connectivity index (χ0n) is 13.0. The van der Waals surface area contributed by atoms with E-state index in [4.69, 9.17) is 4.52 Å². The van der Waals surface area contributed by atoms with Gasteiger partial charge in [0, 0.05) is 24.8 Å². The molecule has 2 N–H and O–H groups in total. The molecule has 1 aromatic carbocycles. The smallest absolute Gasteiger partial charge is 0.273 e. The van der Waals surface area contributed by atoms with Crippen molar-refractivity contribution in [1.82, 2.24) is 10.5 Å². The van der Waals surface area contributed by atoms with Gasteiger partial charge in [0.2, 0.25) is 0 Å². The molecule has 0 atom stereocenters. The summed E-state index contributed by atoms with van der Waals surface area (Å²) in [7, 11) is 0. The second-order valence-electron chi connectivity index (χ2n) is 6.12. The molecule has 0 saturated carbocycles. The number of benzene rings is 1. The predicted molar refractivity (Wildman–Crippen MR) is 84.4 cm³/mol. The van der Waals surface area contributed by atoms with Gasteiger partial charge in [-0.3, -0.25) is 4.79 Å².